The molecular weight excluding hydrogens is 250 g/mol. The maximum absolute atomic E-state index is 12.4. The third-order valence-corrected chi connectivity index (χ3v) is 3.37. The van der Waals surface area contributed by atoms with Gasteiger partial charge in [-0.05, 0) is 5.56 Å². The van der Waals surface area contributed by atoms with Gasteiger partial charge in [-0.3, -0.25) is 9.59 Å². The molecule has 0 saturated carbocycles. The summed E-state index contributed by atoms with van der Waals surface area (Å²) >= 11 is 0. The van der Waals surface area contributed by atoms with Gasteiger partial charge in [-0.25, -0.2) is 0 Å². The van der Waals surface area contributed by atoms with E-state index in [1.807, 2.05) is 6.07 Å². The van der Waals surface area contributed by atoms with Crippen LogP contribution in [0.2, 0.25) is 0 Å². The molecule has 3 nitrogen and oxygen atoms in total. The van der Waals surface area contributed by atoms with Gasteiger partial charge < -0.3 is 0 Å². The highest BCUT2D eigenvalue weighted by Gasteiger charge is 2.30. The van der Waals surface area contributed by atoms with E-state index >= 15 is 0 Å². The molecule has 0 spiro atoms. The highest BCUT2D eigenvalue weighted by Crippen LogP contribution is 2.37. The average Bonchev–Trinajstić information content (AvgIpc) is 2.80. The van der Waals surface area contributed by atoms with Crippen molar-refractivity contribution in [2.24, 2.45) is 0 Å². The highest BCUT2D eigenvalue weighted by atomic mass is 16.1. The van der Waals surface area contributed by atoms with E-state index in [9.17, 15) is 14.9 Å². The smallest absolute Gasteiger partial charge is 0.195 e. The second-order valence-corrected chi connectivity index (χ2v) is 4.48. The Balaban J connectivity index is 2.20. The number of carbonyl (C=O) groups is 2. The minimum atomic E-state index is -0.143. The molecule has 0 fully saturated rings. The average molecular weight is 259 g/mol. The molecule has 3 rings (SSSR count). The maximum atomic E-state index is 12.4. The first-order valence-corrected chi connectivity index (χ1v) is 6.10. The summed E-state index contributed by atoms with van der Waals surface area (Å²) in [6.45, 7) is 0. The van der Waals surface area contributed by atoms with Crippen molar-refractivity contribution in [1.82, 2.24) is 0 Å². The molecule has 0 aromatic heterocycles. The lowest BCUT2D eigenvalue weighted by Crippen LogP contribution is -1.98. The number of Topliss-reactive ketones (excluding diaryl/α,β-unsaturated/α-hetero) is 1. The molecule has 2 aromatic rings. The number of hydrogen-bond acceptors (Lipinski definition) is 3. The number of nitrogens with zero attached hydrogens (tertiary/aromatic N) is 1. The summed E-state index contributed by atoms with van der Waals surface area (Å²) in [6.07, 6.45) is 0.745. The molecule has 0 aliphatic heterocycles. The second-order valence-electron chi connectivity index (χ2n) is 4.48. The predicted molar refractivity (Wildman–Crippen MR) is 75.0 cm³/mol. The van der Waals surface area contributed by atoms with Gasteiger partial charge in [0.05, 0.1) is 5.57 Å². The number of aldehydes is 1. The van der Waals surface area contributed by atoms with Gasteiger partial charge in [-0.2, -0.15) is 5.26 Å². The van der Waals surface area contributed by atoms with Gasteiger partial charge in [0.1, 0.15) is 12.4 Å². The lowest BCUT2D eigenvalue weighted by Gasteiger charge is -2.02. The molecule has 2 aromatic carbocycles. The van der Waals surface area contributed by atoms with E-state index in [1.54, 1.807) is 42.5 Å². The van der Waals surface area contributed by atoms with Crippen LogP contribution in [0.3, 0.4) is 0 Å². The number of fused-ring (bicyclic) bond motifs is 1. The van der Waals surface area contributed by atoms with Crippen molar-refractivity contribution in [2.75, 3.05) is 0 Å². The topological polar surface area (TPSA) is 57.9 Å². The minimum absolute atomic E-state index is 0.143. The van der Waals surface area contributed by atoms with Crippen LogP contribution in [0.4, 0.5) is 0 Å². The Labute approximate surface area is 115 Å². The first-order valence-electron chi connectivity index (χ1n) is 6.10. The zero-order valence-electron chi connectivity index (χ0n) is 10.5. The second kappa shape index (κ2) is 4.60. The Hall–Kier alpha value is -2.99. The van der Waals surface area contributed by atoms with Gasteiger partial charge in [0, 0.05) is 22.3 Å². The van der Waals surface area contributed by atoms with E-state index in [4.69, 9.17) is 0 Å². The molecule has 3 heteroatoms. The number of hydrogen-bond donors (Lipinski definition) is 0. The number of allylic oxidation sites excluding steroid dienone is 2. The van der Waals surface area contributed by atoms with Crippen LogP contribution in [0.1, 0.15) is 31.8 Å². The van der Waals surface area contributed by atoms with Crippen LogP contribution in [-0.4, -0.2) is 12.1 Å². The summed E-state index contributed by atoms with van der Waals surface area (Å²) in [5.41, 5.74) is 3.23. The summed E-state index contributed by atoms with van der Waals surface area (Å²) in [5, 5.41) is 9.35. The summed E-state index contributed by atoms with van der Waals surface area (Å²) < 4.78 is 0. The fourth-order valence-electron chi connectivity index (χ4n) is 2.40. The molecule has 0 atom stereocenters. The van der Waals surface area contributed by atoms with E-state index in [-0.39, 0.29) is 5.78 Å². The number of benzene rings is 2. The quantitative estimate of drug-likeness (QED) is 0.778. The molecule has 1 aliphatic rings. The lowest BCUT2D eigenvalue weighted by atomic mass is 9.99. The van der Waals surface area contributed by atoms with Crippen molar-refractivity contribution >= 4 is 23.2 Å². The Morgan fingerprint density at radius 2 is 1.60 bits per heavy atom. The van der Waals surface area contributed by atoms with Crippen LogP contribution < -0.4 is 0 Å². The van der Waals surface area contributed by atoms with Crippen LogP contribution in [0.15, 0.2) is 48.5 Å². The first-order chi connectivity index (χ1) is 9.76. The van der Waals surface area contributed by atoms with Crippen molar-refractivity contribution in [3.8, 4) is 6.07 Å². The predicted octanol–water partition coefficient (Wildman–Crippen LogP) is 3.13. The number of nitriles is 1. The molecule has 0 radical (unpaired) electrons. The zero-order chi connectivity index (χ0) is 14.1. The van der Waals surface area contributed by atoms with Crippen molar-refractivity contribution in [1.29, 1.82) is 5.26 Å². The third kappa shape index (κ3) is 1.67. The Bertz CT molecular complexity index is 792. The van der Waals surface area contributed by atoms with Crippen molar-refractivity contribution < 1.29 is 9.59 Å². The molecular formula is C17H9NO2. The normalized spacial score (nSPS) is 13.1. The van der Waals surface area contributed by atoms with Crippen LogP contribution in [-0.2, 0) is 0 Å². The molecule has 0 bridgehead atoms. The standard InChI is InChI=1S/C17H9NO2/c18-9-15-13-3-1-2-4-14(13)17(20)16(15)12-7-5-11(10-19)6-8-12/h1-8,10H. The van der Waals surface area contributed by atoms with Gasteiger partial charge in [-0.15, -0.1) is 0 Å². The molecule has 0 amide bonds. The van der Waals surface area contributed by atoms with Crippen LogP contribution in [0, 0.1) is 11.3 Å². The van der Waals surface area contributed by atoms with E-state index in [2.05, 4.69) is 6.07 Å². The summed E-state index contributed by atoms with van der Waals surface area (Å²) in [5.74, 6) is -0.143. The molecule has 0 unspecified atom stereocenters. The van der Waals surface area contributed by atoms with Crippen LogP contribution in [0.25, 0.3) is 11.1 Å². The number of rotatable bonds is 2. The monoisotopic (exact) mass is 259 g/mol. The van der Waals surface area contributed by atoms with E-state index in [0.29, 0.717) is 33.4 Å². The van der Waals surface area contributed by atoms with Crippen LogP contribution in [0.5, 0.6) is 0 Å². The lowest BCUT2D eigenvalue weighted by molar-refractivity contribution is 0.105. The summed E-state index contributed by atoms with van der Waals surface area (Å²) in [4.78, 5) is 23.1. The highest BCUT2D eigenvalue weighted by molar-refractivity contribution is 6.41. The van der Waals surface area contributed by atoms with Gasteiger partial charge in [-0.1, -0.05) is 48.5 Å². The number of ketones is 1. The SMILES string of the molecule is N#CC1=C(c2ccc(C=O)cc2)C(=O)c2ccccc21. The van der Waals surface area contributed by atoms with Gasteiger partial charge in [0.25, 0.3) is 0 Å². The third-order valence-electron chi connectivity index (χ3n) is 3.37. The minimum Gasteiger partial charge on any atom is -0.298 e. The maximum Gasteiger partial charge on any atom is 0.195 e. The Morgan fingerprint density at radius 1 is 0.950 bits per heavy atom. The summed E-state index contributed by atoms with van der Waals surface area (Å²) in [7, 11) is 0. The van der Waals surface area contributed by atoms with Crippen LogP contribution >= 0.6 is 0 Å². The molecule has 94 valence electrons. The van der Waals surface area contributed by atoms with Crippen molar-refractivity contribution in [3.05, 3.63) is 70.8 Å². The molecule has 0 saturated heterocycles. The molecule has 20 heavy (non-hydrogen) atoms. The first kappa shape index (κ1) is 12.1. The zero-order valence-corrected chi connectivity index (χ0v) is 10.5. The van der Waals surface area contributed by atoms with E-state index in [1.165, 1.54) is 0 Å². The van der Waals surface area contributed by atoms with Gasteiger partial charge >= 0.3 is 0 Å². The van der Waals surface area contributed by atoms with E-state index in [0.717, 1.165) is 6.29 Å². The van der Waals surface area contributed by atoms with Crippen molar-refractivity contribution in [3.63, 3.8) is 0 Å². The van der Waals surface area contributed by atoms with Gasteiger partial charge in [0.15, 0.2) is 5.78 Å². The summed E-state index contributed by atoms with van der Waals surface area (Å²) in [6, 6.07) is 15.9. The largest absolute Gasteiger partial charge is 0.298 e. The molecule has 0 N–H and O–H groups in total. The van der Waals surface area contributed by atoms with Gasteiger partial charge in [0.2, 0.25) is 0 Å². The molecule has 1 aliphatic carbocycles. The Kier molecular flexibility index (Phi) is 2.77. The molecule has 0 heterocycles. The Morgan fingerprint density at radius 3 is 2.20 bits per heavy atom. The van der Waals surface area contributed by atoms with Crippen molar-refractivity contribution in [2.45, 2.75) is 0 Å². The van der Waals surface area contributed by atoms with E-state index < -0.39 is 0 Å². The number of carbonyl (C=O) groups excluding carboxylic acids is 2. The fourth-order valence-corrected chi connectivity index (χ4v) is 2.40. The fraction of sp³-hybridized carbons (Fsp3) is 0.